The first-order chi connectivity index (χ1) is 6.27. The summed E-state index contributed by atoms with van der Waals surface area (Å²) in [7, 11) is 2.11. The van der Waals surface area contributed by atoms with E-state index in [1.54, 1.807) is 12.5 Å². The fourth-order valence-corrected chi connectivity index (χ4v) is 1.88. The lowest BCUT2D eigenvalue weighted by Gasteiger charge is -2.34. The van der Waals surface area contributed by atoms with E-state index in [-0.39, 0.29) is 0 Å². The summed E-state index contributed by atoms with van der Waals surface area (Å²) in [4.78, 5) is 2.30. The van der Waals surface area contributed by atoms with Crippen molar-refractivity contribution in [3.63, 3.8) is 0 Å². The second-order valence-corrected chi connectivity index (χ2v) is 3.74. The number of hydrogen-bond acceptors (Lipinski definition) is 4. The normalized spacial score (nSPS) is 30.6. The summed E-state index contributed by atoms with van der Waals surface area (Å²) in [5, 5.41) is 3.71. The average Bonchev–Trinajstić information content (AvgIpc) is 2.61. The van der Waals surface area contributed by atoms with E-state index in [1.165, 1.54) is 0 Å². The molecule has 1 aromatic rings. The van der Waals surface area contributed by atoms with E-state index in [2.05, 4.69) is 17.1 Å². The zero-order valence-corrected chi connectivity index (χ0v) is 7.81. The van der Waals surface area contributed by atoms with Crippen LogP contribution in [0.5, 0.6) is 0 Å². The molecule has 4 heteroatoms. The largest absolute Gasteiger partial charge is 0.364 e. The minimum Gasteiger partial charge on any atom is -0.364 e. The van der Waals surface area contributed by atoms with Crippen molar-refractivity contribution in [2.75, 3.05) is 13.6 Å². The van der Waals surface area contributed by atoms with E-state index in [0.717, 1.165) is 24.9 Å². The topological polar surface area (TPSA) is 55.3 Å². The van der Waals surface area contributed by atoms with Crippen LogP contribution in [0.4, 0.5) is 0 Å². The van der Waals surface area contributed by atoms with Crippen molar-refractivity contribution in [2.24, 2.45) is 5.73 Å². The van der Waals surface area contributed by atoms with Crippen LogP contribution in [0.1, 0.15) is 24.4 Å². The molecule has 0 aliphatic carbocycles. The van der Waals surface area contributed by atoms with Gasteiger partial charge in [-0.2, -0.15) is 0 Å². The van der Waals surface area contributed by atoms with Crippen molar-refractivity contribution in [3.8, 4) is 0 Å². The highest BCUT2D eigenvalue weighted by Gasteiger charge is 2.25. The van der Waals surface area contributed by atoms with Crippen LogP contribution in [0.2, 0.25) is 0 Å². The zero-order chi connectivity index (χ0) is 9.26. The molecule has 13 heavy (non-hydrogen) atoms. The van der Waals surface area contributed by atoms with Crippen LogP contribution in [-0.4, -0.2) is 29.7 Å². The Labute approximate surface area is 77.7 Å². The standard InChI is InChI=1S/C9H15N3O/c1-12-3-2-8(10)4-9(12)7-5-11-13-6-7/h5-6,8-9H,2-4,10H2,1H3. The lowest BCUT2D eigenvalue weighted by Crippen LogP contribution is -2.39. The van der Waals surface area contributed by atoms with Crippen molar-refractivity contribution in [3.05, 3.63) is 18.0 Å². The predicted molar refractivity (Wildman–Crippen MR) is 49.1 cm³/mol. The SMILES string of the molecule is CN1CCC(N)CC1c1cnoc1. The molecule has 0 amide bonds. The molecule has 72 valence electrons. The Morgan fingerprint density at radius 1 is 1.69 bits per heavy atom. The molecule has 4 nitrogen and oxygen atoms in total. The third kappa shape index (κ3) is 1.73. The van der Waals surface area contributed by atoms with E-state index in [9.17, 15) is 0 Å². The summed E-state index contributed by atoms with van der Waals surface area (Å²) < 4.78 is 4.83. The first-order valence-electron chi connectivity index (χ1n) is 4.62. The third-order valence-electron chi connectivity index (χ3n) is 2.75. The molecule has 2 unspecified atom stereocenters. The molecule has 0 bridgehead atoms. The number of piperidine rings is 1. The van der Waals surface area contributed by atoms with Gasteiger partial charge in [-0.05, 0) is 26.4 Å². The van der Waals surface area contributed by atoms with Crippen molar-refractivity contribution in [2.45, 2.75) is 24.9 Å². The highest BCUT2D eigenvalue weighted by molar-refractivity contribution is 5.09. The molecule has 2 N–H and O–H groups in total. The van der Waals surface area contributed by atoms with Crippen molar-refractivity contribution in [1.82, 2.24) is 10.1 Å². The number of nitrogens with zero attached hydrogens (tertiary/aromatic N) is 2. The summed E-state index contributed by atoms with van der Waals surface area (Å²) in [5.74, 6) is 0. The van der Waals surface area contributed by atoms with E-state index in [4.69, 9.17) is 10.3 Å². The van der Waals surface area contributed by atoms with Gasteiger partial charge in [0, 0.05) is 17.6 Å². The first kappa shape index (κ1) is 8.72. The number of nitrogens with two attached hydrogens (primary N) is 1. The number of hydrogen-bond donors (Lipinski definition) is 1. The van der Waals surface area contributed by atoms with E-state index in [1.807, 2.05) is 0 Å². The summed E-state index contributed by atoms with van der Waals surface area (Å²) in [6.07, 6.45) is 5.56. The van der Waals surface area contributed by atoms with Crippen molar-refractivity contribution < 1.29 is 4.52 Å². The second kappa shape index (κ2) is 3.47. The third-order valence-corrected chi connectivity index (χ3v) is 2.75. The van der Waals surface area contributed by atoms with E-state index >= 15 is 0 Å². The Kier molecular flexibility index (Phi) is 2.33. The number of aromatic nitrogens is 1. The van der Waals surface area contributed by atoms with Gasteiger partial charge in [0.1, 0.15) is 6.26 Å². The van der Waals surface area contributed by atoms with Gasteiger partial charge in [-0.25, -0.2) is 0 Å². The molecule has 2 atom stereocenters. The Balaban J connectivity index is 2.12. The maximum absolute atomic E-state index is 5.92. The Bertz CT molecular complexity index is 260. The molecule has 1 aliphatic heterocycles. The Morgan fingerprint density at radius 3 is 3.23 bits per heavy atom. The second-order valence-electron chi connectivity index (χ2n) is 3.74. The fourth-order valence-electron chi connectivity index (χ4n) is 1.88. The summed E-state index contributed by atoms with van der Waals surface area (Å²) in [5.41, 5.74) is 7.05. The van der Waals surface area contributed by atoms with Crippen LogP contribution >= 0.6 is 0 Å². The Morgan fingerprint density at radius 2 is 2.54 bits per heavy atom. The maximum atomic E-state index is 5.92. The van der Waals surface area contributed by atoms with Gasteiger partial charge in [-0.15, -0.1) is 0 Å². The van der Waals surface area contributed by atoms with Crippen molar-refractivity contribution >= 4 is 0 Å². The quantitative estimate of drug-likeness (QED) is 0.695. The van der Waals surface area contributed by atoms with Gasteiger partial charge in [0.15, 0.2) is 0 Å². The maximum Gasteiger partial charge on any atom is 0.128 e. The van der Waals surface area contributed by atoms with Gasteiger partial charge in [0.05, 0.1) is 6.20 Å². The molecule has 2 heterocycles. The molecular weight excluding hydrogens is 166 g/mol. The first-order valence-corrected chi connectivity index (χ1v) is 4.62. The number of likely N-dealkylation sites (tertiary alicyclic amines) is 1. The molecule has 1 aromatic heterocycles. The molecule has 0 aromatic carbocycles. The number of rotatable bonds is 1. The average molecular weight is 181 g/mol. The summed E-state index contributed by atoms with van der Waals surface area (Å²) >= 11 is 0. The van der Waals surface area contributed by atoms with E-state index < -0.39 is 0 Å². The fraction of sp³-hybridized carbons (Fsp3) is 0.667. The van der Waals surface area contributed by atoms with Crippen LogP contribution in [-0.2, 0) is 0 Å². The molecule has 0 radical (unpaired) electrons. The summed E-state index contributed by atoms with van der Waals surface area (Å²) in [6, 6.07) is 0.700. The monoisotopic (exact) mass is 181 g/mol. The van der Waals surface area contributed by atoms with Gasteiger partial charge >= 0.3 is 0 Å². The zero-order valence-electron chi connectivity index (χ0n) is 7.81. The van der Waals surface area contributed by atoms with Crippen LogP contribution in [0.25, 0.3) is 0 Å². The lowest BCUT2D eigenvalue weighted by atomic mass is 9.95. The van der Waals surface area contributed by atoms with Crippen LogP contribution in [0.15, 0.2) is 17.0 Å². The van der Waals surface area contributed by atoms with E-state index in [0.29, 0.717) is 12.1 Å². The minimum absolute atomic E-state index is 0.316. The van der Waals surface area contributed by atoms with Crippen molar-refractivity contribution in [1.29, 1.82) is 0 Å². The lowest BCUT2D eigenvalue weighted by molar-refractivity contribution is 0.171. The molecule has 1 saturated heterocycles. The molecule has 0 spiro atoms. The summed E-state index contributed by atoms with van der Waals surface area (Å²) in [6.45, 7) is 1.05. The van der Waals surface area contributed by atoms with Gasteiger partial charge in [0.2, 0.25) is 0 Å². The van der Waals surface area contributed by atoms with Gasteiger partial charge < -0.3 is 10.3 Å². The van der Waals surface area contributed by atoms with Gasteiger partial charge in [-0.3, -0.25) is 4.90 Å². The molecular formula is C9H15N3O. The highest BCUT2D eigenvalue weighted by atomic mass is 16.5. The molecule has 0 saturated carbocycles. The van der Waals surface area contributed by atoms with Crippen LogP contribution in [0.3, 0.4) is 0 Å². The molecule has 2 rings (SSSR count). The smallest absolute Gasteiger partial charge is 0.128 e. The minimum atomic E-state index is 0.316. The van der Waals surface area contributed by atoms with Gasteiger partial charge in [-0.1, -0.05) is 5.16 Å². The molecule has 1 aliphatic rings. The molecule has 1 fully saturated rings. The van der Waals surface area contributed by atoms with Crippen LogP contribution < -0.4 is 5.73 Å². The Hall–Kier alpha value is -0.870. The van der Waals surface area contributed by atoms with Gasteiger partial charge in [0.25, 0.3) is 0 Å². The highest BCUT2D eigenvalue weighted by Crippen LogP contribution is 2.28. The van der Waals surface area contributed by atoms with Crippen LogP contribution in [0, 0.1) is 0 Å². The predicted octanol–water partition coefficient (Wildman–Crippen LogP) is 0.769.